The molecule has 0 aromatic heterocycles. The second-order valence-corrected chi connectivity index (χ2v) is 8.01. The van der Waals surface area contributed by atoms with Gasteiger partial charge in [0.25, 0.3) is 7.37 Å². The molecular formula is C20H16F3O2P. The third-order valence-corrected chi connectivity index (χ3v) is 6.31. The van der Waals surface area contributed by atoms with Gasteiger partial charge in [0.1, 0.15) is 0 Å². The lowest BCUT2D eigenvalue weighted by atomic mass is 10.1. The van der Waals surface area contributed by atoms with Gasteiger partial charge >= 0.3 is 6.18 Å². The van der Waals surface area contributed by atoms with Crippen molar-refractivity contribution in [3.63, 3.8) is 0 Å². The summed E-state index contributed by atoms with van der Waals surface area (Å²) in [6.07, 6.45) is -7.00. The lowest BCUT2D eigenvalue weighted by molar-refractivity contribution is -0.197. The minimum Gasteiger partial charge on any atom is -0.304 e. The molecule has 26 heavy (non-hydrogen) atoms. The fraction of sp³-hybridized carbons (Fsp3) is 0.100. The van der Waals surface area contributed by atoms with Crippen LogP contribution in [0.5, 0.6) is 0 Å². The largest absolute Gasteiger partial charge is 0.419 e. The Morgan fingerprint density at radius 1 is 0.692 bits per heavy atom. The third-order valence-electron chi connectivity index (χ3n) is 3.85. The minimum absolute atomic E-state index is 0.0907. The zero-order valence-corrected chi connectivity index (χ0v) is 14.5. The minimum atomic E-state index is -4.71. The predicted molar refractivity (Wildman–Crippen MR) is 96.1 cm³/mol. The fourth-order valence-electron chi connectivity index (χ4n) is 2.61. The maximum atomic E-state index is 13.7. The van der Waals surface area contributed by atoms with Crippen LogP contribution in [0.1, 0.15) is 11.7 Å². The number of alkyl halides is 3. The van der Waals surface area contributed by atoms with Gasteiger partial charge in [-0.3, -0.25) is 4.57 Å². The van der Waals surface area contributed by atoms with Crippen molar-refractivity contribution in [3.8, 4) is 0 Å². The smallest absolute Gasteiger partial charge is 0.304 e. The lowest BCUT2D eigenvalue weighted by Crippen LogP contribution is -2.27. The molecule has 0 saturated carbocycles. The molecular weight excluding hydrogens is 360 g/mol. The highest BCUT2D eigenvalue weighted by Crippen LogP contribution is 2.52. The second-order valence-electron chi connectivity index (χ2n) is 5.66. The van der Waals surface area contributed by atoms with Crippen LogP contribution in [0, 0.1) is 0 Å². The van der Waals surface area contributed by atoms with Crippen molar-refractivity contribution in [1.82, 2.24) is 0 Å². The summed E-state index contributed by atoms with van der Waals surface area (Å²) < 4.78 is 60.3. The summed E-state index contributed by atoms with van der Waals surface area (Å²) >= 11 is 0. The van der Waals surface area contributed by atoms with Crippen LogP contribution in [0.2, 0.25) is 0 Å². The topological polar surface area (TPSA) is 26.3 Å². The summed E-state index contributed by atoms with van der Waals surface area (Å²) in [6, 6.07) is 23.2. The Bertz CT molecular complexity index is 838. The summed E-state index contributed by atoms with van der Waals surface area (Å²) in [7, 11) is -3.96. The van der Waals surface area contributed by atoms with E-state index < -0.39 is 19.6 Å². The van der Waals surface area contributed by atoms with E-state index in [-0.39, 0.29) is 16.2 Å². The standard InChI is InChI=1S/C20H16F3O2P/c21-20(22,23)19(16-10-4-1-5-11-16)25-26(24,17-12-6-2-7-13-17)18-14-8-3-9-15-18/h1-15,19H/t19-/m0/s1. The molecule has 0 saturated heterocycles. The summed E-state index contributed by atoms with van der Waals surface area (Å²) in [5, 5.41) is 0.438. The van der Waals surface area contributed by atoms with Crippen LogP contribution in [-0.4, -0.2) is 6.18 Å². The highest BCUT2D eigenvalue weighted by molar-refractivity contribution is 7.74. The van der Waals surface area contributed by atoms with Crippen molar-refractivity contribution in [3.05, 3.63) is 96.6 Å². The van der Waals surface area contributed by atoms with E-state index in [0.29, 0.717) is 0 Å². The second kappa shape index (κ2) is 7.48. The highest BCUT2D eigenvalue weighted by atomic mass is 31.2. The Morgan fingerprint density at radius 3 is 1.46 bits per heavy atom. The average Bonchev–Trinajstić information content (AvgIpc) is 2.67. The lowest BCUT2D eigenvalue weighted by Gasteiger charge is -2.27. The van der Waals surface area contributed by atoms with Gasteiger partial charge in [-0.05, 0) is 29.8 Å². The molecule has 0 aliphatic carbocycles. The van der Waals surface area contributed by atoms with Gasteiger partial charge in [0, 0.05) is 10.6 Å². The molecule has 0 fully saturated rings. The Kier molecular flexibility index (Phi) is 5.30. The Balaban J connectivity index is 2.12. The summed E-state index contributed by atoms with van der Waals surface area (Å²) in [5.74, 6) is 0. The van der Waals surface area contributed by atoms with E-state index in [1.165, 1.54) is 48.5 Å². The van der Waals surface area contributed by atoms with E-state index in [4.69, 9.17) is 4.52 Å². The first-order valence-electron chi connectivity index (χ1n) is 7.92. The molecule has 0 aliphatic rings. The Labute approximate surface area is 149 Å². The van der Waals surface area contributed by atoms with Crippen LogP contribution >= 0.6 is 7.37 Å². The fourth-order valence-corrected chi connectivity index (χ4v) is 4.81. The van der Waals surface area contributed by atoms with Crippen molar-refractivity contribution >= 4 is 18.0 Å². The molecule has 0 bridgehead atoms. The summed E-state index contributed by atoms with van der Waals surface area (Å²) in [4.78, 5) is 0. The predicted octanol–water partition coefficient (Wildman–Crippen LogP) is 5.24. The Morgan fingerprint density at radius 2 is 1.08 bits per heavy atom. The first-order valence-corrected chi connectivity index (χ1v) is 9.55. The highest BCUT2D eigenvalue weighted by Gasteiger charge is 2.46. The van der Waals surface area contributed by atoms with E-state index in [1.807, 2.05) is 0 Å². The van der Waals surface area contributed by atoms with Crippen molar-refractivity contribution in [2.24, 2.45) is 0 Å². The van der Waals surface area contributed by atoms with E-state index in [2.05, 4.69) is 0 Å². The van der Waals surface area contributed by atoms with Crippen LogP contribution in [0.15, 0.2) is 91.0 Å². The molecule has 0 unspecified atom stereocenters. The molecule has 2 nitrogen and oxygen atoms in total. The third kappa shape index (κ3) is 3.90. The van der Waals surface area contributed by atoms with Gasteiger partial charge in [-0.15, -0.1) is 0 Å². The molecule has 0 spiro atoms. The number of rotatable bonds is 5. The SMILES string of the molecule is O=P(O[C@@H](c1ccccc1)C(F)(F)F)(c1ccccc1)c1ccccc1. The van der Waals surface area contributed by atoms with Gasteiger partial charge in [-0.1, -0.05) is 66.7 Å². The van der Waals surface area contributed by atoms with Gasteiger partial charge < -0.3 is 4.52 Å². The molecule has 0 N–H and O–H groups in total. The summed E-state index contributed by atoms with van der Waals surface area (Å²) in [5.41, 5.74) is -0.0907. The zero-order valence-electron chi connectivity index (χ0n) is 13.6. The molecule has 134 valence electrons. The first kappa shape index (κ1) is 18.4. The van der Waals surface area contributed by atoms with Crippen LogP contribution in [0.4, 0.5) is 13.2 Å². The number of halogens is 3. The van der Waals surface area contributed by atoms with Crippen molar-refractivity contribution in [2.45, 2.75) is 12.3 Å². The van der Waals surface area contributed by atoms with Crippen LogP contribution < -0.4 is 10.6 Å². The van der Waals surface area contributed by atoms with Crippen LogP contribution in [0.25, 0.3) is 0 Å². The molecule has 0 aliphatic heterocycles. The monoisotopic (exact) mass is 376 g/mol. The molecule has 0 radical (unpaired) electrons. The van der Waals surface area contributed by atoms with Crippen LogP contribution in [0.3, 0.4) is 0 Å². The van der Waals surface area contributed by atoms with Crippen molar-refractivity contribution in [2.75, 3.05) is 0 Å². The van der Waals surface area contributed by atoms with Gasteiger partial charge in [-0.25, -0.2) is 0 Å². The van der Waals surface area contributed by atoms with E-state index in [1.54, 1.807) is 42.5 Å². The molecule has 3 rings (SSSR count). The van der Waals surface area contributed by atoms with Gasteiger partial charge in [0.05, 0.1) is 0 Å². The van der Waals surface area contributed by atoms with Gasteiger partial charge in [0.2, 0.25) is 0 Å². The zero-order chi connectivity index (χ0) is 18.6. The van der Waals surface area contributed by atoms with E-state index >= 15 is 0 Å². The number of hydrogen-bond donors (Lipinski definition) is 0. The Hall–Kier alpha value is -2.36. The van der Waals surface area contributed by atoms with Crippen LogP contribution in [-0.2, 0) is 9.09 Å². The number of hydrogen-bond acceptors (Lipinski definition) is 2. The van der Waals surface area contributed by atoms with Gasteiger partial charge in [0.15, 0.2) is 6.10 Å². The maximum Gasteiger partial charge on any atom is 0.419 e. The molecule has 0 heterocycles. The average molecular weight is 376 g/mol. The van der Waals surface area contributed by atoms with E-state index in [9.17, 15) is 17.7 Å². The number of benzene rings is 3. The van der Waals surface area contributed by atoms with Crippen molar-refractivity contribution in [1.29, 1.82) is 0 Å². The summed E-state index contributed by atoms with van der Waals surface area (Å²) in [6.45, 7) is 0. The maximum absolute atomic E-state index is 13.7. The molecule has 1 atom stereocenters. The van der Waals surface area contributed by atoms with Gasteiger partial charge in [-0.2, -0.15) is 13.2 Å². The first-order chi connectivity index (χ1) is 12.4. The van der Waals surface area contributed by atoms with E-state index in [0.717, 1.165) is 0 Å². The quantitative estimate of drug-likeness (QED) is 0.570. The molecule has 3 aromatic rings. The normalized spacial score (nSPS) is 13.3. The van der Waals surface area contributed by atoms with Crippen molar-refractivity contribution < 1.29 is 22.3 Å². The molecule has 0 amide bonds. The molecule has 3 aromatic carbocycles. The molecule has 6 heteroatoms.